The van der Waals surface area contributed by atoms with Crippen molar-refractivity contribution in [3.63, 3.8) is 0 Å². The highest BCUT2D eigenvalue weighted by Crippen LogP contribution is 2.44. The van der Waals surface area contributed by atoms with Gasteiger partial charge in [-0.15, -0.1) is 11.8 Å². The van der Waals surface area contributed by atoms with Crippen LogP contribution < -0.4 is 20.6 Å². The van der Waals surface area contributed by atoms with E-state index in [4.69, 9.17) is 39.8 Å². The molecule has 0 saturated carbocycles. The van der Waals surface area contributed by atoms with E-state index in [1.54, 1.807) is 65.6 Å². The molecule has 7 rings (SSSR count). The van der Waals surface area contributed by atoms with Crippen LogP contribution in [0, 0.1) is 0 Å². The largest absolute Gasteiger partial charge is 0.353 e. The molecule has 6 aromatic rings. The molecule has 5 aromatic carbocycles. The van der Waals surface area contributed by atoms with E-state index in [0.717, 1.165) is 10.2 Å². The molecule has 50 heavy (non-hydrogen) atoms. The fourth-order valence-electron chi connectivity index (χ4n) is 5.68. The van der Waals surface area contributed by atoms with E-state index in [0.29, 0.717) is 43.2 Å². The van der Waals surface area contributed by atoms with Gasteiger partial charge in [-0.25, -0.2) is 9.82 Å². The van der Waals surface area contributed by atoms with Crippen LogP contribution in [0.25, 0.3) is 10.9 Å². The lowest BCUT2D eigenvalue weighted by atomic mass is 10.1. The Labute approximate surface area is 306 Å². The molecule has 2 heterocycles. The van der Waals surface area contributed by atoms with Gasteiger partial charge in [0.15, 0.2) is 0 Å². The molecule has 1 atom stereocenters. The fourth-order valence-corrected chi connectivity index (χ4v) is 8.71. The van der Waals surface area contributed by atoms with Crippen LogP contribution in [0.3, 0.4) is 0 Å². The number of carbonyl (C=O) groups excluding carboxylic acids is 1. The van der Waals surface area contributed by atoms with Gasteiger partial charge in [-0.05, 0) is 66.2 Å². The summed E-state index contributed by atoms with van der Waals surface area (Å²) >= 11 is 20.7. The summed E-state index contributed by atoms with van der Waals surface area (Å²) in [6.45, 7) is 0. The monoisotopic (exact) mass is 761 g/mol. The van der Waals surface area contributed by atoms with E-state index in [1.165, 1.54) is 23.9 Å². The van der Waals surface area contributed by atoms with Gasteiger partial charge in [0.2, 0.25) is 5.91 Å². The number of para-hydroxylation sites is 3. The lowest BCUT2D eigenvalue weighted by Gasteiger charge is -2.25. The van der Waals surface area contributed by atoms with E-state index in [2.05, 4.69) is 10.1 Å². The Balaban J connectivity index is 1.22. The van der Waals surface area contributed by atoms with Crippen LogP contribution in [-0.2, 0) is 21.2 Å². The highest BCUT2D eigenvalue weighted by Gasteiger charge is 2.35. The quantitative estimate of drug-likeness (QED) is 0.152. The average molecular weight is 763 g/mol. The Morgan fingerprint density at radius 2 is 1.44 bits per heavy atom. The minimum absolute atomic E-state index is 0.0605. The Bertz CT molecular complexity index is 2420. The molecule has 0 aliphatic carbocycles. The van der Waals surface area contributed by atoms with Crippen molar-refractivity contribution in [1.82, 2.24) is 9.66 Å². The van der Waals surface area contributed by atoms with E-state index in [-0.39, 0.29) is 39.6 Å². The van der Waals surface area contributed by atoms with Crippen molar-refractivity contribution < 1.29 is 13.2 Å². The number of aromatic nitrogens is 2. The first-order chi connectivity index (χ1) is 24.1. The molecule has 9 nitrogen and oxygen atoms in total. The van der Waals surface area contributed by atoms with E-state index in [1.807, 2.05) is 42.5 Å². The first-order valence-corrected chi connectivity index (χ1v) is 18.9. The number of rotatable bonds is 9. The highest BCUT2D eigenvalue weighted by atomic mass is 35.5. The molecule has 1 amide bonds. The minimum Gasteiger partial charge on any atom is -0.353 e. The maximum atomic E-state index is 13.9. The zero-order chi connectivity index (χ0) is 35.0. The molecule has 0 spiro atoms. The number of nitrogens with zero attached hydrogens (tertiary/aromatic N) is 3. The Morgan fingerprint density at radius 3 is 2.20 bits per heavy atom. The van der Waals surface area contributed by atoms with Gasteiger partial charge in [0.05, 0.1) is 37.3 Å². The second-order valence-electron chi connectivity index (χ2n) is 11.3. The first kappa shape index (κ1) is 34.0. The van der Waals surface area contributed by atoms with Gasteiger partial charge in [-0.3, -0.25) is 14.5 Å². The maximum absolute atomic E-state index is 13.9. The number of fused-ring (bicyclic) bond motifs is 1. The third-order valence-corrected chi connectivity index (χ3v) is 11.6. The van der Waals surface area contributed by atoms with Crippen molar-refractivity contribution in [2.45, 2.75) is 16.7 Å². The predicted octanol–water partition coefficient (Wildman–Crippen LogP) is 8.40. The number of halogens is 3. The second-order valence-corrected chi connectivity index (χ2v) is 15.2. The molecule has 14 heteroatoms. The van der Waals surface area contributed by atoms with Crippen molar-refractivity contribution in [2.75, 3.05) is 20.8 Å². The SMILES string of the molecule is O=C1CSC(c2ccccc2Cl)N1c1ccc(S(=O)(=O)Nn2c(Cc3ccccc3Nc3c(Cl)cccc3Cl)nc3ccccc3c2=O)cc1. The highest BCUT2D eigenvalue weighted by molar-refractivity contribution is 8.00. The molecular formula is C36H26Cl3N5O4S2. The Kier molecular flexibility index (Phi) is 9.51. The van der Waals surface area contributed by atoms with Crippen LogP contribution in [0.2, 0.25) is 15.1 Å². The molecule has 252 valence electrons. The van der Waals surface area contributed by atoms with Crippen molar-refractivity contribution in [3.05, 3.63) is 158 Å². The zero-order valence-corrected chi connectivity index (χ0v) is 29.8. The number of amides is 1. The standard InChI is InChI=1S/C36H26Cl3N5O4S2/c37-27-11-4-2-9-25(27)36-43(33(45)21-49-36)23-16-18-24(19-17-23)50(47,48)42-44-32(40-31-15-6-3-10-26(31)35(44)46)20-22-8-1-5-14-30(22)41-34-28(38)12-7-13-29(34)39/h1-19,36,41-42H,20-21H2. The topological polar surface area (TPSA) is 113 Å². The van der Waals surface area contributed by atoms with Gasteiger partial charge in [-0.1, -0.05) is 89.4 Å². The van der Waals surface area contributed by atoms with Crippen molar-refractivity contribution in [1.29, 1.82) is 0 Å². The first-order valence-electron chi connectivity index (χ1n) is 15.2. The number of benzene rings is 5. The Morgan fingerprint density at radius 1 is 0.780 bits per heavy atom. The van der Waals surface area contributed by atoms with E-state index in [9.17, 15) is 18.0 Å². The summed E-state index contributed by atoms with van der Waals surface area (Å²) < 4.78 is 28.7. The Hall–Kier alpha value is -4.52. The van der Waals surface area contributed by atoms with Crippen molar-refractivity contribution >= 4 is 90.5 Å². The molecule has 2 N–H and O–H groups in total. The molecule has 0 radical (unpaired) electrons. The average Bonchev–Trinajstić information content (AvgIpc) is 3.50. The number of sulfonamides is 1. The normalized spacial score (nSPS) is 14.7. The second kappa shape index (κ2) is 14.0. The molecule has 0 bridgehead atoms. The number of hydrogen-bond donors (Lipinski definition) is 2. The summed E-state index contributed by atoms with van der Waals surface area (Å²) in [6.07, 6.45) is 0.0605. The van der Waals surface area contributed by atoms with Gasteiger partial charge in [0, 0.05) is 28.4 Å². The summed E-state index contributed by atoms with van der Waals surface area (Å²) in [5.74, 6) is 0.275. The molecule has 1 unspecified atom stereocenters. The predicted molar refractivity (Wildman–Crippen MR) is 202 cm³/mol. The van der Waals surface area contributed by atoms with Crippen LogP contribution in [0.15, 0.2) is 125 Å². The van der Waals surface area contributed by atoms with Crippen LogP contribution >= 0.6 is 46.6 Å². The van der Waals surface area contributed by atoms with Crippen LogP contribution in [-0.4, -0.2) is 29.7 Å². The fraction of sp³-hybridized carbons (Fsp3) is 0.0833. The summed E-state index contributed by atoms with van der Waals surface area (Å²) in [7, 11) is -4.32. The van der Waals surface area contributed by atoms with Gasteiger partial charge in [0.25, 0.3) is 15.6 Å². The third kappa shape index (κ3) is 6.67. The van der Waals surface area contributed by atoms with Crippen LogP contribution in [0.4, 0.5) is 17.1 Å². The molecule has 1 aromatic heterocycles. The third-order valence-electron chi connectivity index (χ3n) is 8.11. The number of nitrogens with one attached hydrogen (secondary N) is 2. The van der Waals surface area contributed by atoms with Gasteiger partial charge < -0.3 is 5.32 Å². The number of anilines is 3. The summed E-state index contributed by atoms with van der Waals surface area (Å²) in [4.78, 5) is 35.5. The van der Waals surface area contributed by atoms with Gasteiger partial charge >= 0.3 is 0 Å². The summed E-state index contributed by atoms with van der Waals surface area (Å²) in [5, 5.41) is 4.50. The van der Waals surface area contributed by atoms with E-state index >= 15 is 0 Å². The smallest absolute Gasteiger partial charge is 0.280 e. The van der Waals surface area contributed by atoms with Crippen molar-refractivity contribution in [3.8, 4) is 0 Å². The molecule has 1 aliphatic rings. The zero-order valence-electron chi connectivity index (χ0n) is 25.9. The van der Waals surface area contributed by atoms with E-state index < -0.39 is 15.6 Å². The minimum atomic E-state index is -4.32. The summed E-state index contributed by atoms with van der Waals surface area (Å²) in [5.41, 5.74) is 2.95. The number of hydrogen-bond acceptors (Lipinski definition) is 7. The summed E-state index contributed by atoms with van der Waals surface area (Å²) in [6, 6.07) is 32.4. The molecular weight excluding hydrogens is 737 g/mol. The lowest BCUT2D eigenvalue weighted by Crippen LogP contribution is -2.36. The molecule has 1 fully saturated rings. The number of thioether (sulfide) groups is 1. The number of carbonyl (C=O) groups is 1. The van der Waals surface area contributed by atoms with Crippen LogP contribution in [0.1, 0.15) is 22.3 Å². The van der Waals surface area contributed by atoms with Crippen molar-refractivity contribution in [2.24, 2.45) is 0 Å². The lowest BCUT2D eigenvalue weighted by molar-refractivity contribution is -0.115. The van der Waals surface area contributed by atoms with Gasteiger partial charge in [-0.2, -0.15) is 13.1 Å². The molecule has 1 aliphatic heterocycles. The van der Waals surface area contributed by atoms with Crippen LogP contribution in [0.5, 0.6) is 0 Å². The molecule has 1 saturated heterocycles. The maximum Gasteiger partial charge on any atom is 0.280 e. The van der Waals surface area contributed by atoms with Gasteiger partial charge in [0.1, 0.15) is 11.2 Å².